The number of hydrogen-bond acceptors (Lipinski definition) is 4. The van der Waals surface area contributed by atoms with Crippen molar-refractivity contribution in [3.8, 4) is 17.6 Å². The second-order valence-corrected chi connectivity index (χ2v) is 4.90. The molecule has 0 bridgehead atoms. The van der Waals surface area contributed by atoms with Gasteiger partial charge >= 0.3 is 0 Å². The van der Waals surface area contributed by atoms with Crippen molar-refractivity contribution in [2.75, 3.05) is 20.3 Å². The van der Waals surface area contributed by atoms with Gasteiger partial charge in [0.05, 0.1) is 24.3 Å². The molecule has 104 valence electrons. The van der Waals surface area contributed by atoms with Crippen LogP contribution in [0.15, 0.2) is 16.6 Å². The van der Waals surface area contributed by atoms with E-state index in [-0.39, 0.29) is 0 Å². The Morgan fingerprint density at radius 1 is 1.42 bits per heavy atom. The number of methoxy groups -OCH3 is 1. The minimum Gasteiger partial charge on any atom is -0.493 e. The van der Waals surface area contributed by atoms with Crippen molar-refractivity contribution in [1.82, 2.24) is 5.32 Å². The quantitative estimate of drug-likeness (QED) is 0.745. The highest BCUT2D eigenvalue weighted by Crippen LogP contribution is 2.36. The van der Waals surface area contributed by atoms with Gasteiger partial charge in [0.1, 0.15) is 0 Å². The molecule has 0 spiro atoms. The zero-order valence-electron chi connectivity index (χ0n) is 11.3. The molecule has 0 unspecified atom stereocenters. The summed E-state index contributed by atoms with van der Waals surface area (Å²) in [4.78, 5) is 0. The Balaban J connectivity index is 2.75. The molecule has 1 aromatic carbocycles. The van der Waals surface area contributed by atoms with Gasteiger partial charge in [-0.3, -0.25) is 0 Å². The first-order valence-electron chi connectivity index (χ1n) is 6.29. The van der Waals surface area contributed by atoms with Crippen LogP contribution in [0.2, 0.25) is 0 Å². The minimum atomic E-state index is 0.510. The predicted molar refractivity (Wildman–Crippen MR) is 78.4 cm³/mol. The number of halogens is 1. The van der Waals surface area contributed by atoms with Crippen LogP contribution in [0.25, 0.3) is 0 Å². The fourth-order valence-electron chi connectivity index (χ4n) is 1.60. The monoisotopic (exact) mass is 326 g/mol. The van der Waals surface area contributed by atoms with E-state index in [2.05, 4.69) is 34.2 Å². The molecule has 0 radical (unpaired) electrons. The topological polar surface area (TPSA) is 54.3 Å². The minimum absolute atomic E-state index is 0.510. The van der Waals surface area contributed by atoms with Crippen molar-refractivity contribution in [2.24, 2.45) is 0 Å². The maximum Gasteiger partial charge on any atom is 0.175 e. The highest BCUT2D eigenvalue weighted by Gasteiger charge is 2.11. The highest BCUT2D eigenvalue weighted by atomic mass is 79.9. The summed E-state index contributed by atoms with van der Waals surface area (Å²) in [6, 6.07) is 6.06. The van der Waals surface area contributed by atoms with Gasteiger partial charge in [0, 0.05) is 19.5 Å². The van der Waals surface area contributed by atoms with Gasteiger partial charge in [-0.2, -0.15) is 5.26 Å². The largest absolute Gasteiger partial charge is 0.493 e. The van der Waals surface area contributed by atoms with Crippen molar-refractivity contribution in [1.29, 1.82) is 5.26 Å². The van der Waals surface area contributed by atoms with Crippen LogP contribution in [0, 0.1) is 11.3 Å². The Labute approximate surface area is 122 Å². The zero-order chi connectivity index (χ0) is 14.1. The Hall–Kier alpha value is -1.25. The molecule has 0 aromatic heterocycles. The summed E-state index contributed by atoms with van der Waals surface area (Å²) >= 11 is 3.51. The molecule has 5 heteroatoms. The number of benzene rings is 1. The van der Waals surface area contributed by atoms with Gasteiger partial charge in [-0.15, -0.1) is 0 Å². The predicted octanol–water partition coefficient (Wildman–Crippen LogP) is 3.25. The first kappa shape index (κ1) is 15.8. The molecule has 4 nitrogen and oxygen atoms in total. The highest BCUT2D eigenvalue weighted by molar-refractivity contribution is 9.10. The molecular weight excluding hydrogens is 308 g/mol. The van der Waals surface area contributed by atoms with E-state index in [1.54, 1.807) is 7.11 Å². The van der Waals surface area contributed by atoms with Crippen molar-refractivity contribution < 1.29 is 9.47 Å². The van der Waals surface area contributed by atoms with E-state index < -0.39 is 0 Å². The summed E-state index contributed by atoms with van der Waals surface area (Å²) in [7, 11) is 1.63. The molecule has 1 aromatic rings. The molecule has 1 rings (SSSR count). The van der Waals surface area contributed by atoms with E-state index in [0.29, 0.717) is 26.1 Å². The lowest BCUT2D eigenvalue weighted by atomic mass is 10.2. The summed E-state index contributed by atoms with van der Waals surface area (Å²) in [6.45, 7) is 4.11. The van der Waals surface area contributed by atoms with Crippen LogP contribution < -0.4 is 14.8 Å². The van der Waals surface area contributed by atoms with Crippen LogP contribution in [0.3, 0.4) is 0 Å². The number of nitrogens with one attached hydrogen (secondary N) is 1. The first-order valence-corrected chi connectivity index (χ1v) is 7.09. The van der Waals surface area contributed by atoms with E-state index >= 15 is 0 Å². The van der Waals surface area contributed by atoms with Crippen LogP contribution in [0.1, 0.15) is 25.3 Å². The molecule has 0 fully saturated rings. The van der Waals surface area contributed by atoms with Gasteiger partial charge < -0.3 is 14.8 Å². The van der Waals surface area contributed by atoms with Crippen molar-refractivity contribution in [3.63, 3.8) is 0 Å². The van der Waals surface area contributed by atoms with Crippen molar-refractivity contribution >= 4 is 15.9 Å². The molecule has 19 heavy (non-hydrogen) atoms. The summed E-state index contributed by atoms with van der Waals surface area (Å²) in [5.41, 5.74) is 1.09. The smallest absolute Gasteiger partial charge is 0.175 e. The average Bonchev–Trinajstić information content (AvgIpc) is 2.42. The van der Waals surface area contributed by atoms with Gasteiger partial charge in [0.2, 0.25) is 0 Å². The van der Waals surface area contributed by atoms with Crippen LogP contribution in [-0.2, 0) is 6.54 Å². The second kappa shape index (κ2) is 8.78. The fourth-order valence-corrected chi connectivity index (χ4v) is 2.20. The molecule has 0 aliphatic rings. The van der Waals surface area contributed by atoms with Gasteiger partial charge in [-0.05, 0) is 40.0 Å². The maximum absolute atomic E-state index is 8.47. The van der Waals surface area contributed by atoms with Gasteiger partial charge in [-0.25, -0.2) is 0 Å². The summed E-state index contributed by atoms with van der Waals surface area (Å²) in [5.74, 6) is 1.46. The lowest BCUT2D eigenvalue weighted by molar-refractivity contribution is 0.292. The van der Waals surface area contributed by atoms with E-state index in [9.17, 15) is 0 Å². The number of nitriles is 1. The summed E-state index contributed by atoms with van der Waals surface area (Å²) < 4.78 is 11.9. The van der Waals surface area contributed by atoms with E-state index in [4.69, 9.17) is 14.7 Å². The van der Waals surface area contributed by atoms with E-state index in [1.807, 2.05) is 12.1 Å². The van der Waals surface area contributed by atoms with Crippen LogP contribution >= 0.6 is 15.9 Å². The van der Waals surface area contributed by atoms with Gasteiger partial charge in [0.15, 0.2) is 11.5 Å². The van der Waals surface area contributed by atoms with E-state index in [1.165, 1.54) is 0 Å². The normalized spacial score (nSPS) is 10.0. The van der Waals surface area contributed by atoms with Gasteiger partial charge in [-0.1, -0.05) is 6.92 Å². The maximum atomic E-state index is 8.47. The van der Waals surface area contributed by atoms with Crippen molar-refractivity contribution in [2.45, 2.75) is 26.3 Å². The third-order valence-corrected chi connectivity index (χ3v) is 3.07. The van der Waals surface area contributed by atoms with Crippen LogP contribution in [0.5, 0.6) is 11.5 Å². The Morgan fingerprint density at radius 2 is 2.21 bits per heavy atom. The molecular formula is C14H19BrN2O2. The number of hydrogen-bond donors (Lipinski definition) is 1. The Morgan fingerprint density at radius 3 is 2.84 bits per heavy atom. The van der Waals surface area contributed by atoms with Crippen molar-refractivity contribution in [3.05, 3.63) is 22.2 Å². The third kappa shape index (κ3) is 5.09. The number of nitrogens with zero attached hydrogens (tertiary/aromatic N) is 1. The summed E-state index contributed by atoms with van der Waals surface area (Å²) in [5, 5.41) is 11.7. The standard InChI is InChI=1S/C14H19BrN2O2/c1-3-7-19-14-12(15)8-11(9-13(14)18-2)10-17-6-4-5-16/h8-9,17H,3-4,6-7,10H2,1-2H3. The average molecular weight is 327 g/mol. The van der Waals surface area contributed by atoms with Crippen LogP contribution in [0.4, 0.5) is 0 Å². The molecule has 0 heterocycles. The Kier molecular flexibility index (Phi) is 7.31. The Bertz CT molecular complexity index is 444. The molecule has 0 atom stereocenters. The molecule has 0 amide bonds. The van der Waals surface area contributed by atoms with E-state index in [0.717, 1.165) is 28.0 Å². The second-order valence-electron chi connectivity index (χ2n) is 4.04. The molecule has 1 N–H and O–H groups in total. The molecule has 0 aliphatic carbocycles. The number of ether oxygens (including phenoxy) is 2. The zero-order valence-corrected chi connectivity index (χ0v) is 12.9. The SMILES string of the molecule is CCCOc1c(Br)cc(CNCCC#N)cc1OC. The first-order chi connectivity index (χ1) is 9.22. The third-order valence-electron chi connectivity index (χ3n) is 2.48. The summed E-state index contributed by atoms with van der Waals surface area (Å²) in [6.07, 6.45) is 1.46. The van der Waals surface area contributed by atoms with Crippen LogP contribution in [-0.4, -0.2) is 20.3 Å². The number of rotatable bonds is 8. The molecule has 0 saturated heterocycles. The molecule has 0 saturated carbocycles. The lowest BCUT2D eigenvalue weighted by Crippen LogP contribution is -2.14. The lowest BCUT2D eigenvalue weighted by Gasteiger charge is -2.14. The van der Waals surface area contributed by atoms with Gasteiger partial charge in [0.25, 0.3) is 0 Å². The molecule has 0 aliphatic heterocycles. The fraction of sp³-hybridized carbons (Fsp3) is 0.500.